The Morgan fingerprint density at radius 2 is 2.11 bits per heavy atom. The number of likely N-dealkylation sites (N-methyl/N-ethyl adjacent to an activating group) is 1. The lowest BCUT2D eigenvalue weighted by atomic mass is 10.5. The summed E-state index contributed by atoms with van der Waals surface area (Å²) in [5.41, 5.74) is 0. The SMILES string of the molecule is CN1C(=O)C=[C]([AlH2])C1=O. The number of amides is 2. The van der Waals surface area contributed by atoms with Gasteiger partial charge in [0.25, 0.3) is 22.2 Å². The van der Waals surface area contributed by atoms with Crippen LogP contribution in [0, 0.1) is 0 Å². The summed E-state index contributed by atoms with van der Waals surface area (Å²) in [6.45, 7) is 0. The minimum Gasteiger partial charge on any atom is -0.280 e. The van der Waals surface area contributed by atoms with Crippen LogP contribution in [-0.4, -0.2) is 40.1 Å². The molecule has 1 rings (SSSR count). The van der Waals surface area contributed by atoms with Gasteiger partial charge in [-0.2, -0.15) is 0 Å². The van der Waals surface area contributed by atoms with E-state index in [1.165, 1.54) is 13.1 Å². The van der Waals surface area contributed by atoms with Crippen LogP contribution in [0.4, 0.5) is 0 Å². The van der Waals surface area contributed by atoms with Crippen LogP contribution in [0.1, 0.15) is 0 Å². The first-order valence-electron chi connectivity index (χ1n) is 2.63. The van der Waals surface area contributed by atoms with Gasteiger partial charge in [-0.25, -0.2) is 0 Å². The second kappa shape index (κ2) is 1.98. The average Bonchev–Trinajstić information content (AvgIpc) is 1.98. The highest BCUT2D eigenvalue weighted by Gasteiger charge is 2.22. The molecule has 0 N–H and O–H groups in total. The van der Waals surface area contributed by atoms with Crippen LogP contribution >= 0.6 is 0 Å². The van der Waals surface area contributed by atoms with Crippen molar-refractivity contribution in [2.75, 3.05) is 7.05 Å². The van der Waals surface area contributed by atoms with Crippen molar-refractivity contribution in [3.05, 3.63) is 10.5 Å². The van der Waals surface area contributed by atoms with Crippen molar-refractivity contribution < 1.29 is 9.59 Å². The minimum atomic E-state index is -0.190. The Kier molecular flexibility index (Phi) is 1.44. The highest BCUT2D eigenvalue weighted by Crippen LogP contribution is 2.05. The lowest BCUT2D eigenvalue weighted by molar-refractivity contribution is -0.135. The zero-order valence-electron chi connectivity index (χ0n) is 5.34. The first-order valence-corrected chi connectivity index (χ1v) is 3.63. The van der Waals surface area contributed by atoms with Gasteiger partial charge >= 0.3 is 0 Å². The van der Waals surface area contributed by atoms with Gasteiger partial charge in [-0.15, -0.1) is 0 Å². The van der Waals surface area contributed by atoms with E-state index in [1.807, 2.05) is 0 Å². The Morgan fingerprint density at radius 3 is 2.22 bits per heavy atom. The highest BCUT2D eigenvalue weighted by molar-refractivity contribution is 6.42. The molecule has 0 unspecified atom stereocenters. The molecule has 0 saturated heterocycles. The molecular weight excluding hydrogens is 133 g/mol. The number of nitrogens with zero attached hydrogens (tertiary/aromatic N) is 1. The fourth-order valence-electron chi connectivity index (χ4n) is 0.708. The van der Waals surface area contributed by atoms with Crippen molar-refractivity contribution in [2.45, 2.75) is 0 Å². The standard InChI is InChI=1S/C5H4NO2.Al.2H/c1-6-4(7)2-3-5(6)8;;;/h2H,1H3;;;. The summed E-state index contributed by atoms with van der Waals surface area (Å²) in [5.74, 6) is -0.323. The van der Waals surface area contributed by atoms with Gasteiger partial charge < -0.3 is 0 Å². The van der Waals surface area contributed by atoms with Crippen molar-refractivity contribution in [1.29, 1.82) is 0 Å². The number of hydrogen-bond donors (Lipinski definition) is 0. The highest BCUT2D eigenvalue weighted by atomic mass is 27.0. The van der Waals surface area contributed by atoms with E-state index >= 15 is 0 Å². The van der Waals surface area contributed by atoms with E-state index in [0.29, 0.717) is 20.7 Å². The van der Waals surface area contributed by atoms with E-state index in [0.717, 1.165) is 4.90 Å². The third-order valence-electron chi connectivity index (χ3n) is 1.31. The smallest absolute Gasteiger partial charge is 0.268 e. The third-order valence-corrected chi connectivity index (χ3v) is 2.03. The van der Waals surface area contributed by atoms with Gasteiger partial charge in [0, 0.05) is 7.05 Å². The van der Waals surface area contributed by atoms with E-state index in [4.69, 9.17) is 0 Å². The van der Waals surface area contributed by atoms with Crippen LogP contribution in [-0.2, 0) is 9.59 Å². The molecule has 1 aliphatic heterocycles. The molecule has 4 heteroatoms. The predicted octanol–water partition coefficient (Wildman–Crippen LogP) is -1.50. The van der Waals surface area contributed by atoms with Crippen molar-refractivity contribution in [2.24, 2.45) is 0 Å². The molecule has 9 heavy (non-hydrogen) atoms. The van der Waals surface area contributed by atoms with Crippen molar-refractivity contribution in [3.63, 3.8) is 0 Å². The molecule has 0 aromatic carbocycles. The van der Waals surface area contributed by atoms with E-state index < -0.39 is 0 Å². The number of rotatable bonds is 0. The van der Waals surface area contributed by atoms with Gasteiger partial charge in [-0.3, -0.25) is 14.5 Å². The second-order valence-corrected chi connectivity index (χ2v) is 3.11. The maximum Gasteiger partial charge on any atom is 0.268 e. The lowest BCUT2D eigenvalue weighted by Gasteiger charge is -2.03. The zero-order chi connectivity index (χ0) is 7.02. The molecular formula is C5H6AlNO2. The Balaban J connectivity index is 2.95. The molecule has 46 valence electrons. The summed E-state index contributed by atoms with van der Waals surface area (Å²) in [6, 6.07) is 0. The Bertz CT molecular complexity index is 209. The Hall–Kier alpha value is -0.588. The predicted molar refractivity (Wildman–Crippen MR) is 34.4 cm³/mol. The molecule has 0 spiro atoms. The Labute approximate surface area is 60.7 Å². The van der Waals surface area contributed by atoms with Crippen molar-refractivity contribution in [1.82, 2.24) is 4.90 Å². The molecule has 1 heterocycles. The van der Waals surface area contributed by atoms with Crippen molar-refractivity contribution >= 4 is 28.1 Å². The lowest BCUT2D eigenvalue weighted by Crippen LogP contribution is -2.26. The molecule has 0 aliphatic carbocycles. The molecule has 0 saturated carbocycles. The summed E-state index contributed by atoms with van der Waals surface area (Å²) < 4.78 is 0.655. The molecule has 1 aliphatic rings. The van der Waals surface area contributed by atoms with E-state index in [1.54, 1.807) is 0 Å². The largest absolute Gasteiger partial charge is 0.280 e. The van der Waals surface area contributed by atoms with Gasteiger partial charge in [-0.1, -0.05) is 4.44 Å². The van der Waals surface area contributed by atoms with Gasteiger partial charge in [0.1, 0.15) is 0 Å². The molecule has 0 atom stereocenters. The van der Waals surface area contributed by atoms with Crippen LogP contribution in [0.5, 0.6) is 0 Å². The molecule has 3 nitrogen and oxygen atoms in total. The number of imide groups is 1. The molecule has 2 amide bonds. The van der Waals surface area contributed by atoms with Gasteiger partial charge in [0.05, 0.1) is 0 Å². The Morgan fingerprint density at radius 1 is 1.56 bits per heavy atom. The fraction of sp³-hybridized carbons (Fsp3) is 0.200. The maximum atomic E-state index is 10.8. The normalized spacial score (nSPS) is 18.8. The molecule has 0 aromatic heterocycles. The summed E-state index contributed by atoms with van der Waals surface area (Å²) in [7, 11) is 1.49. The minimum absolute atomic E-state index is 0.133. The first-order chi connectivity index (χ1) is 4.13. The monoisotopic (exact) mass is 139 g/mol. The fourth-order valence-corrected chi connectivity index (χ4v) is 1.29. The molecule has 0 bridgehead atoms. The zero-order valence-corrected chi connectivity index (χ0v) is 7.34. The maximum absolute atomic E-state index is 10.8. The first kappa shape index (κ1) is 6.53. The van der Waals surface area contributed by atoms with E-state index in [-0.39, 0.29) is 11.8 Å². The van der Waals surface area contributed by atoms with Crippen LogP contribution in [0.2, 0.25) is 0 Å². The third kappa shape index (κ3) is 0.914. The summed E-state index contributed by atoms with van der Waals surface area (Å²) in [6.07, 6.45) is 1.40. The van der Waals surface area contributed by atoms with Gasteiger partial charge in [0.15, 0.2) is 0 Å². The summed E-state index contributed by atoms with van der Waals surface area (Å²) in [5, 5.41) is 0. The van der Waals surface area contributed by atoms with E-state index in [9.17, 15) is 9.59 Å². The van der Waals surface area contributed by atoms with E-state index in [2.05, 4.69) is 0 Å². The molecule has 0 radical (unpaired) electrons. The topological polar surface area (TPSA) is 37.4 Å². The second-order valence-electron chi connectivity index (χ2n) is 2.03. The summed E-state index contributed by atoms with van der Waals surface area (Å²) >= 11 is 0.662. The quantitative estimate of drug-likeness (QED) is 0.302. The van der Waals surface area contributed by atoms with Crippen LogP contribution in [0.15, 0.2) is 10.5 Å². The van der Waals surface area contributed by atoms with Gasteiger partial charge in [0.2, 0.25) is 5.91 Å². The van der Waals surface area contributed by atoms with Crippen LogP contribution in [0.25, 0.3) is 0 Å². The van der Waals surface area contributed by atoms with Crippen LogP contribution in [0.3, 0.4) is 0 Å². The molecule has 0 fully saturated rings. The molecule has 0 aromatic rings. The average molecular weight is 139 g/mol. The van der Waals surface area contributed by atoms with Gasteiger partial charge in [-0.05, 0) is 6.08 Å². The number of hydrogen-bond acceptors (Lipinski definition) is 2. The van der Waals surface area contributed by atoms with Crippen LogP contribution < -0.4 is 0 Å². The number of carbonyl (C=O) groups excluding carboxylic acids is 2. The number of carbonyl (C=O) groups is 2. The summed E-state index contributed by atoms with van der Waals surface area (Å²) in [4.78, 5) is 22.6. The van der Waals surface area contributed by atoms with Crippen molar-refractivity contribution in [3.8, 4) is 0 Å².